The molecule has 3 nitrogen and oxygen atoms in total. The molecule has 1 unspecified atom stereocenters. The van der Waals surface area contributed by atoms with E-state index < -0.39 is 0 Å². The molecule has 0 spiro atoms. The lowest BCUT2D eigenvalue weighted by atomic mass is 9.98. The number of rotatable bonds is 5. The molecule has 1 N–H and O–H groups in total. The van der Waals surface area contributed by atoms with Crippen LogP contribution in [0, 0.1) is 0 Å². The molecule has 0 heterocycles. The molecule has 0 aliphatic rings. The van der Waals surface area contributed by atoms with Crippen LogP contribution in [-0.2, 0) is 0 Å². The molecule has 5 heteroatoms. The number of hydrogen-bond donors (Lipinski definition) is 1. The van der Waals surface area contributed by atoms with Gasteiger partial charge in [0.15, 0.2) is 0 Å². The van der Waals surface area contributed by atoms with Crippen LogP contribution in [0.15, 0.2) is 36.4 Å². The van der Waals surface area contributed by atoms with Crippen LogP contribution in [0.25, 0.3) is 0 Å². The molecule has 1 atom stereocenters. The summed E-state index contributed by atoms with van der Waals surface area (Å²) in [5.74, 6) is 1.38. The van der Waals surface area contributed by atoms with Crippen LogP contribution in [0.4, 0.5) is 0 Å². The molecule has 0 aliphatic heterocycles. The summed E-state index contributed by atoms with van der Waals surface area (Å²) < 4.78 is 10.4. The van der Waals surface area contributed by atoms with Gasteiger partial charge in [-0.2, -0.15) is 0 Å². The van der Waals surface area contributed by atoms with E-state index in [2.05, 4.69) is 5.32 Å². The molecule has 21 heavy (non-hydrogen) atoms. The molecule has 0 saturated carbocycles. The first-order valence-corrected chi connectivity index (χ1v) is 7.20. The summed E-state index contributed by atoms with van der Waals surface area (Å²) >= 11 is 12.6. The molecule has 0 amide bonds. The lowest BCUT2D eigenvalue weighted by molar-refractivity contribution is 0.414. The third-order valence-corrected chi connectivity index (χ3v) is 3.94. The number of hydrogen-bond acceptors (Lipinski definition) is 3. The number of methoxy groups -OCH3 is 2. The highest BCUT2D eigenvalue weighted by molar-refractivity contribution is 6.34. The summed E-state index contributed by atoms with van der Waals surface area (Å²) in [4.78, 5) is 0. The topological polar surface area (TPSA) is 30.5 Å². The highest BCUT2D eigenvalue weighted by Gasteiger charge is 2.18. The van der Waals surface area contributed by atoms with Crippen molar-refractivity contribution >= 4 is 23.2 Å². The number of halogens is 2. The first-order valence-electron chi connectivity index (χ1n) is 6.44. The minimum Gasteiger partial charge on any atom is -0.497 e. The van der Waals surface area contributed by atoms with Crippen LogP contribution in [0.3, 0.4) is 0 Å². The third kappa shape index (κ3) is 3.43. The Bertz CT molecular complexity index is 614. The quantitative estimate of drug-likeness (QED) is 0.888. The second kappa shape index (κ2) is 7.03. The van der Waals surface area contributed by atoms with Gasteiger partial charge in [-0.1, -0.05) is 35.3 Å². The predicted molar refractivity (Wildman–Crippen MR) is 86.9 cm³/mol. The molecular formula is C16H17Cl2NO2. The van der Waals surface area contributed by atoms with Crippen LogP contribution in [0.1, 0.15) is 17.2 Å². The van der Waals surface area contributed by atoms with Crippen molar-refractivity contribution in [1.29, 1.82) is 0 Å². The molecule has 0 bridgehead atoms. The lowest BCUT2D eigenvalue weighted by Crippen LogP contribution is -2.18. The fourth-order valence-electron chi connectivity index (χ4n) is 2.22. The monoisotopic (exact) mass is 325 g/mol. The van der Waals surface area contributed by atoms with Crippen molar-refractivity contribution in [1.82, 2.24) is 5.32 Å². The van der Waals surface area contributed by atoms with Gasteiger partial charge in [-0.05, 0) is 36.4 Å². The largest absolute Gasteiger partial charge is 0.497 e. The van der Waals surface area contributed by atoms with Gasteiger partial charge in [0, 0.05) is 11.1 Å². The van der Waals surface area contributed by atoms with Gasteiger partial charge < -0.3 is 14.8 Å². The zero-order valence-electron chi connectivity index (χ0n) is 12.1. The summed E-state index contributed by atoms with van der Waals surface area (Å²) in [6.45, 7) is 0. The predicted octanol–water partition coefficient (Wildman–Crippen LogP) is 4.32. The summed E-state index contributed by atoms with van der Waals surface area (Å²) in [6.07, 6.45) is 0. The van der Waals surface area contributed by atoms with Crippen LogP contribution >= 0.6 is 23.2 Å². The van der Waals surface area contributed by atoms with Crippen molar-refractivity contribution in [2.75, 3.05) is 21.3 Å². The van der Waals surface area contributed by atoms with Gasteiger partial charge in [0.25, 0.3) is 0 Å². The Hall–Kier alpha value is -1.42. The van der Waals surface area contributed by atoms with E-state index >= 15 is 0 Å². The first kappa shape index (κ1) is 16.0. The lowest BCUT2D eigenvalue weighted by Gasteiger charge is -2.20. The van der Waals surface area contributed by atoms with Gasteiger partial charge in [-0.3, -0.25) is 0 Å². The molecule has 0 aliphatic carbocycles. The zero-order chi connectivity index (χ0) is 15.4. The molecule has 2 aromatic carbocycles. The highest BCUT2D eigenvalue weighted by Crippen LogP contribution is 2.36. The maximum Gasteiger partial charge on any atom is 0.138 e. The summed E-state index contributed by atoms with van der Waals surface area (Å²) in [6, 6.07) is 11.3. The van der Waals surface area contributed by atoms with Crippen LogP contribution in [-0.4, -0.2) is 21.3 Å². The average Bonchev–Trinajstić information content (AvgIpc) is 2.51. The maximum absolute atomic E-state index is 6.36. The Kier molecular flexibility index (Phi) is 5.34. The maximum atomic E-state index is 6.36. The van der Waals surface area contributed by atoms with Crippen LogP contribution in [0.2, 0.25) is 10.0 Å². The fourth-order valence-corrected chi connectivity index (χ4v) is 2.73. The fraction of sp³-hybridized carbons (Fsp3) is 0.250. The first-order chi connectivity index (χ1) is 10.1. The zero-order valence-corrected chi connectivity index (χ0v) is 13.6. The molecule has 2 aromatic rings. The van der Waals surface area contributed by atoms with Gasteiger partial charge in [0.2, 0.25) is 0 Å². The van der Waals surface area contributed by atoms with Crippen molar-refractivity contribution in [3.63, 3.8) is 0 Å². The smallest absolute Gasteiger partial charge is 0.138 e. The summed E-state index contributed by atoms with van der Waals surface area (Å²) in [5.41, 5.74) is 1.97. The van der Waals surface area contributed by atoms with Gasteiger partial charge in [0.05, 0.1) is 25.3 Å². The normalized spacial score (nSPS) is 12.0. The molecule has 2 rings (SSSR count). The van der Waals surface area contributed by atoms with Gasteiger partial charge in [-0.25, -0.2) is 0 Å². The van der Waals surface area contributed by atoms with E-state index in [-0.39, 0.29) is 6.04 Å². The Morgan fingerprint density at radius 2 is 1.62 bits per heavy atom. The molecule has 0 radical (unpaired) electrons. The molecule has 112 valence electrons. The highest BCUT2D eigenvalue weighted by atomic mass is 35.5. The summed E-state index contributed by atoms with van der Waals surface area (Å²) in [5, 5.41) is 4.39. The second-order valence-electron chi connectivity index (χ2n) is 4.50. The summed E-state index contributed by atoms with van der Waals surface area (Å²) in [7, 11) is 5.09. The van der Waals surface area contributed by atoms with E-state index in [1.165, 1.54) is 0 Å². The molecule has 0 saturated heterocycles. The number of nitrogens with one attached hydrogen (secondary N) is 1. The van der Waals surface area contributed by atoms with E-state index in [1.54, 1.807) is 20.3 Å². The van der Waals surface area contributed by atoms with Gasteiger partial charge in [-0.15, -0.1) is 0 Å². The van der Waals surface area contributed by atoms with E-state index in [0.29, 0.717) is 15.8 Å². The minimum atomic E-state index is -0.0631. The Morgan fingerprint density at radius 1 is 0.952 bits per heavy atom. The molecule has 0 aromatic heterocycles. The van der Waals surface area contributed by atoms with Crippen LogP contribution in [0.5, 0.6) is 11.5 Å². The van der Waals surface area contributed by atoms with E-state index in [4.69, 9.17) is 32.7 Å². The standard InChI is InChI=1S/C16H17Cl2NO2/c1-19-16(10-4-6-11(20-2)7-5-10)12-8-14(18)15(21-3)9-13(12)17/h4-9,16,19H,1-3H3. The number of benzene rings is 2. The third-order valence-electron chi connectivity index (χ3n) is 3.32. The Morgan fingerprint density at radius 3 is 2.14 bits per heavy atom. The van der Waals surface area contributed by atoms with Gasteiger partial charge >= 0.3 is 0 Å². The molecular weight excluding hydrogens is 309 g/mol. The van der Waals surface area contributed by atoms with Crippen molar-refractivity contribution in [3.8, 4) is 11.5 Å². The van der Waals surface area contributed by atoms with Crippen LogP contribution < -0.4 is 14.8 Å². The van der Waals surface area contributed by atoms with Crippen molar-refractivity contribution < 1.29 is 9.47 Å². The second-order valence-corrected chi connectivity index (χ2v) is 5.32. The van der Waals surface area contributed by atoms with Crippen molar-refractivity contribution in [2.45, 2.75) is 6.04 Å². The average molecular weight is 326 g/mol. The van der Waals surface area contributed by atoms with E-state index in [0.717, 1.165) is 16.9 Å². The minimum absolute atomic E-state index is 0.0631. The van der Waals surface area contributed by atoms with E-state index in [9.17, 15) is 0 Å². The SMILES string of the molecule is CNC(c1ccc(OC)cc1)c1cc(Cl)c(OC)cc1Cl. The van der Waals surface area contributed by atoms with Crippen molar-refractivity contribution in [3.05, 3.63) is 57.6 Å². The molecule has 0 fully saturated rings. The van der Waals surface area contributed by atoms with Crippen molar-refractivity contribution in [2.24, 2.45) is 0 Å². The Balaban J connectivity index is 2.43. The Labute approximate surface area is 134 Å². The number of ether oxygens (including phenoxy) is 2. The van der Waals surface area contributed by atoms with E-state index in [1.807, 2.05) is 37.4 Å². The van der Waals surface area contributed by atoms with Gasteiger partial charge in [0.1, 0.15) is 11.5 Å².